The zero-order valence-corrected chi connectivity index (χ0v) is 17.1. The second kappa shape index (κ2) is 8.91. The molecule has 1 aliphatic rings. The summed E-state index contributed by atoms with van der Waals surface area (Å²) in [6.07, 6.45) is 3.56. The first-order chi connectivity index (χ1) is 12.7. The molecule has 0 spiro atoms. The summed E-state index contributed by atoms with van der Waals surface area (Å²) in [7, 11) is -1.98. The molecule has 1 unspecified atom stereocenters. The van der Waals surface area contributed by atoms with E-state index in [1.54, 1.807) is 6.92 Å². The highest BCUT2D eigenvalue weighted by molar-refractivity contribution is 7.52. The summed E-state index contributed by atoms with van der Waals surface area (Å²) in [5, 5.41) is 10.6. The molecular weight excluding hydrogens is 371 g/mol. The van der Waals surface area contributed by atoms with Crippen molar-refractivity contribution in [2.75, 3.05) is 19.9 Å². The van der Waals surface area contributed by atoms with E-state index >= 15 is 0 Å². The van der Waals surface area contributed by atoms with E-state index < -0.39 is 13.6 Å². The van der Waals surface area contributed by atoms with Crippen LogP contribution in [0.2, 0.25) is 0 Å². The van der Waals surface area contributed by atoms with Crippen molar-refractivity contribution in [1.82, 2.24) is 0 Å². The number of esters is 1. The second-order valence-electron chi connectivity index (χ2n) is 6.55. The van der Waals surface area contributed by atoms with Gasteiger partial charge in [-0.25, -0.2) is 4.79 Å². The van der Waals surface area contributed by atoms with Crippen LogP contribution in [-0.4, -0.2) is 35.8 Å². The molecule has 0 saturated carbocycles. The lowest BCUT2D eigenvalue weighted by atomic mass is 9.94. The fraction of sp³-hybridized carbons (Fsp3) is 0.526. The minimum Gasteiger partial charge on any atom is -0.507 e. The van der Waals surface area contributed by atoms with Crippen LogP contribution in [0.25, 0.3) is 0 Å². The first-order valence-electron chi connectivity index (χ1n) is 8.92. The summed E-state index contributed by atoms with van der Waals surface area (Å²) < 4.78 is 27.0. The SMILES string of the molecule is CCOP(=O)(O)CCCC(C)=CCc1c(O)c2c(c(C)c1OC)COC2=O. The van der Waals surface area contributed by atoms with E-state index in [9.17, 15) is 19.4 Å². The van der Waals surface area contributed by atoms with Crippen LogP contribution < -0.4 is 4.74 Å². The summed E-state index contributed by atoms with van der Waals surface area (Å²) in [5.41, 5.74) is 3.21. The van der Waals surface area contributed by atoms with Crippen LogP contribution >= 0.6 is 7.60 Å². The van der Waals surface area contributed by atoms with Gasteiger partial charge in [0.05, 0.1) is 19.9 Å². The summed E-state index contributed by atoms with van der Waals surface area (Å²) in [6, 6.07) is 0. The van der Waals surface area contributed by atoms with E-state index in [0.29, 0.717) is 36.1 Å². The van der Waals surface area contributed by atoms with Crippen molar-refractivity contribution in [3.05, 3.63) is 33.9 Å². The molecule has 27 heavy (non-hydrogen) atoms. The number of hydrogen-bond acceptors (Lipinski definition) is 6. The molecule has 1 aromatic rings. The maximum atomic E-state index is 11.9. The summed E-state index contributed by atoms with van der Waals surface area (Å²) in [6.45, 7) is 5.79. The Hall–Kier alpha value is -1.82. The second-order valence-corrected chi connectivity index (χ2v) is 8.53. The van der Waals surface area contributed by atoms with E-state index in [4.69, 9.17) is 14.0 Å². The van der Waals surface area contributed by atoms with Gasteiger partial charge in [-0.15, -0.1) is 0 Å². The van der Waals surface area contributed by atoms with Gasteiger partial charge in [0.15, 0.2) is 0 Å². The lowest BCUT2D eigenvalue weighted by molar-refractivity contribution is 0.0533. The molecule has 7 nitrogen and oxygen atoms in total. The Morgan fingerprint density at radius 3 is 2.74 bits per heavy atom. The predicted octanol–water partition coefficient (Wildman–Crippen LogP) is 3.87. The zero-order valence-electron chi connectivity index (χ0n) is 16.2. The monoisotopic (exact) mass is 398 g/mol. The third-order valence-corrected chi connectivity index (χ3v) is 6.19. The van der Waals surface area contributed by atoms with Gasteiger partial charge in [0, 0.05) is 11.1 Å². The highest BCUT2D eigenvalue weighted by Gasteiger charge is 2.31. The van der Waals surface area contributed by atoms with Crippen LogP contribution in [0.5, 0.6) is 11.5 Å². The Kier molecular flexibility index (Phi) is 7.09. The third-order valence-electron chi connectivity index (χ3n) is 4.64. The molecule has 8 heteroatoms. The van der Waals surface area contributed by atoms with Gasteiger partial charge in [-0.2, -0.15) is 0 Å². The van der Waals surface area contributed by atoms with Gasteiger partial charge < -0.3 is 24.0 Å². The maximum absolute atomic E-state index is 11.9. The molecule has 0 aromatic heterocycles. The van der Waals surface area contributed by atoms with Crippen LogP contribution in [0.1, 0.15) is 53.7 Å². The number of aromatic hydroxyl groups is 1. The topological polar surface area (TPSA) is 102 Å². The molecule has 0 fully saturated rings. The molecule has 150 valence electrons. The van der Waals surface area contributed by atoms with Gasteiger partial charge in [-0.05, 0) is 45.6 Å². The molecule has 0 bridgehead atoms. The Morgan fingerprint density at radius 2 is 2.11 bits per heavy atom. The summed E-state index contributed by atoms with van der Waals surface area (Å²) in [4.78, 5) is 21.5. The largest absolute Gasteiger partial charge is 0.507 e. The Labute approximate surface area is 159 Å². The number of phenolic OH excluding ortho intramolecular Hbond substituents is 1. The molecule has 0 aliphatic carbocycles. The number of ether oxygens (including phenoxy) is 2. The first-order valence-corrected chi connectivity index (χ1v) is 10.7. The van der Waals surface area contributed by atoms with Crippen LogP contribution in [0.15, 0.2) is 11.6 Å². The van der Waals surface area contributed by atoms with Crippen molar-refractivity contribution in [3.8, 4) is 11.5 Å². The summed E-state index contributed by atoms with van der Waals surface area (Å²) >= 11 is 0. The fourth-order valence-corrected chi connectivity index (χ4v) is 4.32. The van der Waals surface area contributed by atoms with Crippen molar-refractivity contribution in [3.63, 3.8) is 0 Å². The zero-order chi connectivity index (χ0) is 20.2. The molecule has 2 N–H and O–H groups in total. The average Bonchev–Trinajstić information content (AvgIpc) is 2.98. The van der Waals surface area contributed by atoms with E-state index in [0.717, 1.165) is 11.1 Å². The third kappa shape index (κ3) is 4.92. The van der Waals surface area contributed by atoms with E-state index in [2.05, 4.69) is 0 Å². The normalized spacial score (nSPS) is 16.0. The molecule has 0 radical (unpaired) electrons. The van der Waals surface area contributed by atoms with Gasteiger partial charge in [-0.1, -0.05) is 11.6 Å². The molecule has 1 heterocycles. The minimum absolute atomic E-state index is 0.102. The number of cyclic esters (lactones) is 1. The maximum Gasteiger partial charge on any atom is 0.342 e. The van der Waals surface area contributed by atoms with Crippen molar-refractivity contribution >= 4 is 13.6 Å². The minimum atomic E-state index is -3.51. The molecule has 1 aliphatic heterocycles. The number of carbonyl (C=O) groups is 1. The number of methoxy groups -OCH3 is 1. The van der Waals surface area contributed by atoms with Crippen LogP contribution in [0, 0.1) is 6.92 Å². The lowest BCUT2D eigenvalue weighted by Crippen LogP contribution is -2.03. The Morgan fingerprint density at radius 1 is 1.41 bits per heavy atom. The van der Waals surface area contributed by atoms with Crippen molar-refractivity contribution in [1.29, 1.82) is 0 Å². The van der Waals surface area contributed by atoms with Crippen molar-refractivity contribution in [2.24, 2.45) is 0 Å². The number of benzene rings is 1. The van der Waals surface area contributed by atoms with Crippen molar-refractivity contribution < 1.29 is 33.4 Å². The van der Waals surface area contributed by atoms with Crippen LogP contribution in [-0.2, 0) is 26.9 Å². The van der Waals surface area contributed by atoms with Crippen LogP contribution in [0.3, 0.4) is 0 Å². The number of fused-ring (bicyclic) bond motifs is 1. The molecule has 1 atom stereocenters. The van der Waals surface area contributed by atoms with Gasteiger partial charge >= 0.3 is 13.6 Å². The number of hydrogen-bond donors (Lipinski definition) is 2. The quantitative estimate of drug-likeness (QED) is 0.370. The number of carbonyl (C=O) groups excluding carboxylic acids is 1. The molecule has 1 aromatic carbocycles. The van der Waals surface area contributed by atoms with E-state index in [-0.39, 0.29) is 30.7 Å². The van der Waals surface area contributed by atoms with Gasteiger partial charge in [0.2, 0.25) is 0 Å². The highest BCUT2D eigenvalue weighted by atomic mass is 31.2. The average molecular weight is 398 g/mol. The van der Waals surface area contributed by atoms with Gasteiger partial charge in [0.1, 0.15) is 23.7 Å². The predicted molar refractivity (Wildman–Crippen MR) is 102 cm³/mol. The van der Waals surface area contributed by atoms with E-state index in [1.807, 2.05) is 19.9 Å². The summed E-state index contributed by atoms with van der Waals surface area (Å²) in [5.74, 6) is -0.0789. The first kappa shape index (κ1) is 21.5. The highest BCUT2D eigenvalue weighted by Crippen LogP contribution is 2.43. The van der Waals surface area contributed by atoms with Gasteiger partial charge in [-0.3, -0.25) is 4.57 Å². The molecular formula is C19H27O7P. The van der Waals surface area contributed by atoms with E-state index in [1.165, 1.54) is 7.11 Å². The molecule has 0 saturated heterocycles. The molecule has 2 rings (SSSR count). The number of rotatable bonds is 9. The lowest BCUT2D eigenvalue weighted by Gasteiger charge is -2.16. The van der Waals surface area contributed by atoms with Crippen molar-refractivity contribution in [2.45, 2.75) is 46.6 Å². The standard InChI is InChI=1S/C19H27O7P/c1-5-26-27(22,23)10-6-7-12(2)8-9-14-17(20)16-15(11-25-19(16)21)13(3)18(14)24-4/h8,20H,5-7,9-11H2,1-4H3,(H,22,23). The smallest absolute Gasteiger partial charge is 0.342 e. The van der Waals surface area contributed by atoms with Crippen LogP contribution in [0.4, 0.5) is 0 Å². The van der Waals surface area contributed by atoms with Gasteiger partial charge in [0.25, 0.3) is 0 Å². The number of allylic oxidation sites excluding steroid dienone is 2. The Balaban J connectivity index is 2.14. The fourth-order valence-electron chi connectivity index (χ4n) is 3.23. The number of phenols is 1. The Bertz CT molecular complexity index is 798. The molecule has 0 amide bonds.